The summed E-state index contributed by atoms with van der Waals surface area (Å²) in [6, 6.07) is 21.0. The molecule has 11 heteroatoms. The van der Waals surface area contributed by atoms with Crippen LogP contribution in [0, 0.1) is 13.8 Å². The molecule has 4 rings (SSSR count). The lowest BCUT2D eigenvalue weighted by molar-refractivity contribution is -0.262. The Hall–Kier alpha value is -2.64. The van der Waals surface area contributed by atoms with Crippen molar-refractivity contribution in [1.82, 2.24) is 0 Å². The molecule has 1 aliphatic rings. The number of aliphatic hydroxyl groups is 1. The lowest BCUT2D eigenvalue weighted by Crippen LogP contribution is -2.56. The van der Waals surface area contributed by atoms with E-state index in [4.69, 9.17) is 17.8 Å². The smallest absolute Gasteiger partial charge is 0.297 e. The van der Waals surface area contributed by atoms with Gasteiger partial charge < -0.3 is 14.6 Å². The van der Waals surface area contributed by atoms with Gasteiger partial charge in [-0.15, -0.1) is 0 Å². The van der Waals surface area contributed by atoms with Gasteiger partial charge in [0.2, 0.25) is 0 Å². The first-order chi connectivity index (χ1) is 17.5. The molecule has 1 fully saturated rings. The SMILES string of the molecule is Cc1ccc(S(=O)(=O)O[C@H]2[C@@H](OCc3ccccc3)OC[C@@H](OS(=O)(=O)c3ccc(C)cc3)[C@@H]2O)cc1. The van der Waals surface area contributed by atoms with Gasteiger partial charge in [0.25, 0.3) is 20.2 Å². The van der Waals surface area contributed by atoms with Crippen molar-refractivity contribution < 1.29 is 39.8 Å². The fourth-order valence-electron chi connectivity index (χ4n) is 3.67. The van der Waals surface area contributed by atoms with Crippen LogP contribution in [-0.4, -0.2) is 53.2 Å². The van der Waals surface area contributed by atoms with Gasteiger partial charge in [0.05, 0.1) is 23.0 Å². The van der Waals surface area contributed by atoms with Gasteiger partial charge >= 0.3 is 0 Å². The summed E-state index contributed by atoms with van der Waals surface area (Å²) < 4.78 is 73.7. The van der Waals surface area contributed by atoms with Crippen LogP contribution >= 0.6 is 0 Å². The number of rotatable bonds is 9. The van der Waals surface area contributed by atoms with Crippen molar-refractivity contribution in [2.75, 3.05) is 6.61 Å². The second-order valence-corrected chi connectivity index (χ2v) is 11.9. The van der Waals surface area contributed by atoms with Crippen molar-refractivity contribution in [2.45, 2.75) is 54.8 Å². The first-order valence-electron chi connectivity index (χ1n) is 11.5. The van der Waals surface area contributed by atoms with E-state index in [9.17, 15) is 21.9 Å². The molecule has 0 unspecified atom stereocenters. The first kappa shape index (κ1) is 27.4. The molecule has 37 heavy (non-hydrogen) atoms. The minimum atomic E-state index is -4.37. The Kier molecular flexibility index (Phi) is 8.44. The van der Waals surface area contributed by atoms with Crippen molar-refractivity contribution >= 4 is 20.2 Å². The van der Waals surface area contributed by atoms with Gasteiger partial charge in [0.1, 0.15) is 12.2 Å². The van der Waals surface area contributed by atoms with E-state index < -0.39 is 44.8 Å². The Morgan fingerprint density at radius 3 is 1.84 bits per heavy atom. The minimum Gasteiger partial charge on any atom is -0.387 e. The Labute approximate surface area is 216 Å². The number of hydrogen-bond acceptors (Lipinski definition) is 9. The topological polar surface area (TPSA) is 125 Å². The predicted molar refractivity (Wildman–Crippen MR) is 133 cm³/mol. The lowest BCUT2D eigenvalue weighted by atomic mass is 10.1. The van der Waals surface area contributed by atoms with Crippen molar-refractivity contribution in [3.05, 3.63) is 95.6 Å². The van der Waals surface area contributed by atoms with E-state index >= 15 is 0 Å². The third-order valence-corrected chi connectivity index (χ3v) is 8.45. The highest BCUT2D eigenvalue weighted by Gasteiger charge is 2.46. The minimum absolute atomic E-state index is 0.0376. The normalized spacial score (nSPS) is 22.6. The molecule has 0 aromatic heterocycles. The average molecular weight is 549 g/mol. The summed E-state index contributed by atoms with van der Waals surface area (Å²) in [6.45, 7) is 3.27. The van der Waals surface area contributed by atoms with Crippen LogP contribution in [0.1, 0.15) is 16.7 Å². The molecule has 1 heterocycles. The summed E-state index contributed by atoms with van der Waals surface area (Å²) in [6.07, 6.45) is -6.09. The summed E-state index contributed by atoms with van der Waals surface area (Å²) in [7, 11) is -8.67. The molecule has 0 bridgehead atoms. The Bertz CT molecular complexity index is 1390. The third kappa shape index (κ3) is 6.82. The molecule has 1 saturated heterocycles. The largest absolute Gasteiger partial charge is 0.387 e. The number of aliphatic hydroxyl groups excluding tert-OH is 1. The molecule has 0 aliphatic carbocycles. The van der Waals surface area contributed by atoms with Crippen LogP contribution < -0.4 is 0 Å². The molecule has 3 aromatic carbocycles. The van der Waals surface area contributed by atoms with E-state index in [0.717, 1.165) is 16.7 Å². The second kappa shape index (κ2) is 11.4. The Morgan fingerprint density at radius 2 is 1.30 bits per heavy atom. The molecular weight excluding hydrogens is 520 g/mol. The second-order valence-electron chi connectivity index (χ2n) is 8.72. The monoisotopic (exact) mass is 548 g/mol. The zero-order chi connectivity index (χ0) is 26.6. The van der Waals surface area contributed by atoms with Crippen LogP contribution in [0.25, 0.3) is 0 Å². The molecule has 0 amide bonds. The van der Waals surface area contributed by atoms with Crippen LogP contribution in [0.3, 0.4) is 0 Å². The van der Waals surface area contributed by atoms with Crippen LogP contribution in [-0.2, 0) is 44.7 Å². The summed E-state index contributed by atoms with van der Waals surface area (Å²) in [5, 5.41) is 11.1. The number of aryl methyl sites for hydroxylation is 2. The van der Waals surface area contributed by atoms with E-state index in [-0.39, 0.29) is 23.0 Å². The van der Waals surface area contributed by atoms with E-state index in [1.54, 1.807) is 43.3 Å². The molecule has 1 aliphatic heterocycles. The Morgan fingerprint density at radius 1 is 0.784 bits per heavy atom. The number of ether oxygens (including phenoxy) is 2. The van der Waals surface area contributed by atoms with Gasteiger partial charge in [0, 0.05) is 0 Å². The molecule has 9 nitrogen and oxygen atoms in total. The van der Waals surface area contributed by atoms with Crippen molar-refractivity contribution in [1.29, 1.82) is 0 Å². The Balaban J connectivity index is 1.57. The van der Waals surface area contributed by atoms with Crippen LogP contribution in [0.2, 0.25) is 0 Å². The maximum absolute atomic E-state index is 13.0. The maximum Gasteiger partial charge on any atom is 0.297 e. The predicted octanol–water partition coefficient (Wildman–Crippen LogP) is 3.09. The first-order valence-corrected chi connectivity index (χ1v) is 14.3. The third-order valence-electron chi connectivity index (χ3n) is 5.77. The van der Waals surface area contributed by atoms with Gasteiger partial charge in [-0.1, -0.05) is 65.7 Å². The van der Waals surface area contributed by atoms with Crippen LogP contribution in [0.4, 0.5) is 0 Å². The molecule has 0 saturated carbocycles. The summed E-state index contributed by atoms with van der Waals surface area (Å²) in [4.78, 5) is -0.250. The zero-order valence-corrected chi connectivity index (χ0v) is 21.9. The van der Waals surface area contributed by atoms with E-state index in [2.05, 4.69) is 0 Å². The van der Waals surface area contributed by atoms with Gasteiger partial charge in [-0.3, -0.25) is 8.37 Å². The van der Waals surface area contributed by atoms with Gasteiger partial charge in [0.15, 0.2) is 12.4 Å². The molecular formula is C26H28O9S2. The van der Waals surface area contributed by atoms with Crippen molar-refractivity contribution in [3.63, 3.8) is 0 Å². The fraction of sp³-hybridized carbons (Fsp3) is 0.308. The molecule has 3 aromatic rings. The zero-order valence-electron chi connectivity index (χ0n) is 20.3. The highest BCUT2D eigenvalue weighted by molar-refractivity contribution is 7.87. The van der Waals surface area contributed by atoms with Crippen LogP contribution in [0.5, 0.6) is 0 Å². The van der Waals surface area contributed by atoms with Gasteiger partial charge in [-0.25, -0.2) is 0 Å². The average Bonchev–Trinajstić information content (AvgIpc) is 2.87. The molecule has 4 atom stereocenters. The summed E-state index contributed by atoms with van der Waals surface area (Å²) in [5.41, 5.74) is 2.48. The van der Waals surface area contributed by atoms with E-state index in [1.807, 2.05) is 25.1 Å². The van der Waals surface area contributed by atoms with E-state index in [1.165, 1.54) is 24.3 Å². The van der Waals surface area contributed by atoms with E-state index in [0.29, 0.717) is 0 Å². The molecule has 0 spiro atoms. The fourth-order valence-corrected chi connectivity index (χ4v) is 5.82. The molecule has 1 N–H and O–H groups in total. The van der Waals surface area contributed by atoms with Crippen molar-refractivity contribution in [3.8, 4) is 0 Å². The van der Waals surface area contributed by atoms with Gasteiger partial charge in [-0.2, -0.15) is 16.8 Å². The maximum atomic E-state index is 13.0. The molecule has 0 radical (unpaired) electrons. The van der Waals surface area contributed by atoms with Gasteiger partial charge in [-0.05, 0) is 43.7 Å². The summed E-state index contributed by atoms with van der Waals surface area (Å²) in [5.74, 6) is 0. The number of hydrogen-bond donors (Lipinski definition) is 1. The quantitative estimate of drug-likeness (QED) is 0.402. The van der Waals surface area contributed by atoms with Crippen molar-refractivity contribution in [2.24, 2.45) is 0 Å². The van der Waals surface area contributed by atoms with Crippen LogP contribution in [0.15, 0.2) is 88.7 Å². The lowest BCUT2D eigenvalue weighted by Gasteiger charge is -2.38. The highest BCUT2D eigenvalue weighted by Crippen LogP contribution is 2.28. The molecule has 198 valence electrons. The standard InChI is InChI=1S/C26H28O9S2/c1-18-8-12-21(13-9-18)36(28,29)34-23-17-33-26(32-16-20-6-4-3-5-7-20)25(24(23)27)35-37(30,31)22-14-10-19(2)11-15-22/h3-15,23-27H,16-17H2,1-2H3/t23-,24+,25-,26+/m1/s1. The number of benzene rings is 3. The summed E-state index contributed by atoms with van der Waals surface area (Å²) >= 11 is 0. The highest BCUT2D eigenvalue weighted by atomic mass is 32.2.